The number of primary amides is 1. The van der Waals surface area contributed by atoms with Gasteiger partial charge in [0.2, 0.25) is 0 Å². The Bertz CT molecular complexity index is 291. The number of hydrogen-bond donors (Lipinski definition) is 1. The molecule has 0 heterocycles. The summed E-state index contributed by atoms with van der Waals surface area (Å²) >= 11 is 0. The van der Waals surface area contributed by atoms with E-state index in [1.807, 2.05) is 0 Å². The van der Waals surface area contributed by atoms with Crippen molar-refractivity contribution >= 4 is 5.91 Å². The monoisotopic (exact) mass is 191 g/mol. The van der Waals surface area contributed by atoms with Gasteiger partial charge in [0.05, 0.1) is 0 Å². The maximum atomic E-state index is 10.4. The lowest BCUT2D eigenvalue weighted by Crippen LogP contribution is -2.07. The van der Waals surface area contributed by atoms with Crippen LogP contribution < -0.4 is 5.73 Å². The molecule has 0 radical (unpaired) electrons. The molecule has 0 aromatic rings. The van der Waals surface area contributed by atoms with Crippen LogP contribution in [0.5, 0.6) is 0 Å². The Morgan fingerprint density at radius 1 is 1.64 bits per heavy atom. The molecule has 14 heavy (non-hydrogen) atoms. The molecule has 2 N–H and O–H groups in total. The van der Waals surface area contributed by atoms with E-state index >= 15 is 0 Å². The molecule has 0 fully saturated rings. The van der Waals surface area contributed by atoms with E-state index in [1.165, 1.54) is 5.57 Å². The number of amides is 1. The average Bonchev–Trinajstić information content (AvgIpc) is 2.17. The standard InChI is InChI=1S/C12H17NO/c1-4-10(3)6-7-11(5-2)8-9-12(13)14/h5-6,11H,2,4,7H2,1,3H3,(H2,13,14)/b10-6-/t11-/m0/s1. The first kappa shape index (κ1) is 12.5. The second-order valence-corrected chi connectivity index (χ2v) is 3.12. The van der Waals surface area contributed by atoms with Crippen molar-refractivity contribution in [2.45, 2.75) is 26.7 Å². The second kappa shape index (κ2) is 6.97. The van der Waals surface area contributed by atoms with Gasteiger partial charge in [0.25, 0.3) is 5.91 Å². The van der Waals surface area contributed by atoms with Crippen molar-refractivity contribution in [3.05, 3.63) is 24.3 Å². The van der Waals surface area contributed by atoms with Crippen molar-refractivity contribution in [2.24, 2.45) is 11.7 Å². The first-order valence-electron chi connectivity index (χ1n) is 4.69. The summed E-state index contributed by atoms with van der Waals surface area (Å²) in [6.45, 7) is 7.83. The van der Waals surface area contributed by atoms with Crippen LogP contribution in [0.3, 0.4) is 0 Å². The fourth-order valence-electron chi connectivity index (χ4n) is 0.850. The molecule has 0 aliphatic heterocycles. The number of hydrogen-bond acceptors (Lipinski definition) is 1. The first-order chi connectivity index (χ1) is 6.60. The topological polar surface area (TPSA) is 43.1 Å². The van der Waals surface area contributed by atoms with Crippen LogP contribution >= 0.6 is 0 Å². The molecule has 2 heteroatoms. The van der Waals surface area contributed by atoms with Crippen LogP contribution in [0, 0.1) is 17.8 Å². The highest BCUT2D eigenvalue weighted by Crippen LogP contribution is 2.08. The predicted molar refractivity (Wildman–Crippen MR) is 59.3 cm³/mol. The zero-order valence-electron chi connectivity index (χ0n) is 8.84. The third kappa shape index (κ3) is 6.07. The van der Waals surface area contributed by atoms with Gasteiger partial charge in [0.15, 0.2) is 0 Å². The number of carbonyl (C=O) groups excluding carboxylic acids is 1. The maximum absolute atomic E-state index is 10.4. The summed E-state index contributed by atoms with van der Waals surface area (Å²) in [5.41, 5.74) is 6.23. The van der Waals surface area contributed by atoms with Gasteiger partial charge in [-0.25, -0.2) is 0 Å². The van der Waals surface area contributed by atoms with E-state index in [0.29, 0.717) is 0 Å². The average molecular weight is 191 g/mol. The molecule has 0 saturated carbocycles. The van der Waals surface area contributed by atoms with Crippen molar-refractivity contribution in [1.29, 1.82) is 0 Å². The van der Waals surface area contributed by atoms with Gasteiger partial charge in [0.1, 0.15) is 0 Å². The molecule has 0 saturated heterocycles. The van der Waals surface area contributed by atoms with Crippen LogP contribution in [0.4, 0.5) is 0 Å². The Hall–Kier alpha value is -1.49. The first-order valence-corrected chi connectivity index (χ1v) is 4.69. The summed E-state index contributed by atoms with van der Waals surface area (Å²) in [6.07, 6.45) is 5.67. The van der Waals surface area contributed by atoms with Crippen LogP contribution in [0.15, 0.2) is 24.3 Å². The van der Waals surface area contributed by atoms with Crippen molar-refractivity contribution < 1.29 is 4.79 Å². The minimum atomic E-state index is -0.590. The highest BCUT2D eigenvalue weighted by atomic mass is 16.1. The predicted octanol–water partition coefficient (Wildman–Crippen LogP) is 2.02. The van der Waals surface area contributed by atoms with Gasteiger partial charge in [0, 0.05) is 5.92 Å². The van der Waals surface area contributed by atoms with E-state index in [-0.39, 0.29) is 5.92 Å². The van der Waals surface area contributed by atoms with Gasteiger partial charge in [-0.1, -0.05) is 30.6 Å². The summed E-state index contributed by atoms with van der Waals surface area (Å²) in [5, 5.41) is 0. The fourth-order valence-corrected chi connectivity index (χ4v) is 0.850. The zero-order valence-corrected chi connectivity index (χ0v) is 8.84. The minimum Gasteiger partial charge on any atom is -0.359 e. The highest BCUT2D eigenvalue weighted by Gasteiger charge is 1.97. The number of nitrogens with two attached hydrogens (primary N) is 1. The van der Waals surface area contributed by atoms with E-state index < -0.39 is 5.91 Å². The van der Waals surface area contributed by atoms with Crippen LogP contribution in [0.25, 0.3) is 0 Å². The van der Waals surface area contributed by atoms with Crippen molar-refractivity contribution in [2.75, 3.05) is 0 Å². The number of rotatable bonds is 4. The SMILES string of the molecule is C=C[C@H](C#CC(N)=O)C/C=C(/C)CC. The second-order valence-electron chi connectivity index (χ2n) is 3.12. The third-order valence-electron chi connectivity index (χ3n) is 1.94. The van der Waals surface area contributed by atoms with E-state index in [0.717, 1.165) is 12.8 Å². The molecule has 76 valence electrons. The van der Waals surface area contributed by atoms with Crippen molar-refractivity contribution in [3.63, 3.8) is 0 Å². The normalized spacial score (nSPS) is 12.6. The molecule has 0 bridgehead atoms. The Balaban J connectivity index is 4.26. The summed E-state index contributed by atoms with van der Waals surface area (Å²) in [7, 11) is 0. The highest BCUT2D eigenvalue weighted by molar-refractivity contribution is 5.91. The molecule has 0 spiro atoms. The Morgan fingerprint density at radius 3 is 2.71 bits per heavy atom. The minimum absolute atomic E-state index is 0.0176. The van der Waals surface area contributed by atoms with Gasteiger partial charge < -0.3 is 5.73 Å². The van der Waals surface area contributed by atoms with Crippen molar-refractivity contribution in [3.8, 4) is 11.8 Å². The Kier molecular flexibility index (Phi) is 6.22. The number of carbonyl (C=O) groups is 1. The van der Waals surface area contributed by atoms with Gasteiger partial charge in [-0.3, -0.25) is 4.79 Å². The molecule has 0 aromatic heterocycles. The smallest absolute Gasteiger partial charge is 0.293 e. The van der Waals surface area contributed by atoms with E-state index in [2.05, 4.69) is 38.3 Å². The van der Waals surface area contributed by atoms with E-state index in [9.17, 15) is 4.79 Å². The number of allylic oxidation sites excluding steroid dienone is 3. The van der Waals surface area contributed by atoms with Gasteiger partial charge in [-0.15, -0.1) is 6.58 Å². The Labute approximate surface area is 85.9 Å². The molecule has 0 aromatic carbocycles. The molecular weight excluding hydrogens is 174 g/mol. The van der Waals surface area contributed by atoms with Crippen LogP contribution in [-0.4, -0.2) is 5.91 Å². The molecule has 2 nitrogen and oxygen atoms in total. The quantitative estimate of drug-likeness (QED) is 0.536. The summed E-state index contributed by atoms with van der Waals surface area (Å²) in [5.74, 6) is 4.52. The third-order valence-corrected chi connectivity index (χ3v) is 1.94. The van der Waals surface area contributed by atoms with Gasteiger partial charge in [-0.2, -0.15) is 0 Å². The Morgan fingerprint density at radius 2 is 2.29 bits per heavy atom. The lowest BCUT2D eigenvalue weighted by atomic mass is 10.0. The molecule has 1 atom stereocenters. The van der Waals surface area contributed by atoms with E-state index in [1.54, 1.807) is 6.08 Å². The molecule has 0 unspecified atom stereocenters. The molecule has 1 amide bonds. The van der Waals surface area contributed by atoms with Crippen molar-refractivity contribution in [1.82, 2.24) is 0 Å². The lowest BCUT2D eigenvalue weighted by Gasteiger charge is -2.00. The summed E-state index contributed by atoms with van der Waals surface area (Å²) < 4.78 is 0. The summed E-state index contributed by atoms with van der Waals surface area (Å²) in [4.78, 5) is 10.4. The largest absolute Gasteiger partial charge is 0.359 e. The molecule has 0 rings (SSSR count). The maximum Gasteiger partial charge on any atom is 0.293 e. The van der Waals surface area contributed by atoms with Gasteiger partial charge >= 0.3 is 0 Å². The van der Waals surface area contributed by atoms with Crippen LogP contribution in [-0.2, 0) is 4.79 Å². The van der Waals surface area contributed by atoms with Crippen LogP contribution in [0.1, 0.15) is 26.7 Å². The molecular formula is C12H17NO. The van der Waals surface area contributed by atoms with E-state index in [4.69, 9.17) is 5.73 Å². The summed E-state index contributed by atoms with van der Waals surface area (Å²) in [6, 6.07) is 0. The molecule has 0 aliphatic rings. The van der Waals surface area contributed by atoms with Crippen LogP contribution in [0.2, 0.25) is 0 Å². The van der Waals surface area contributed by atoms with Gasteiger partial charge in [-0.05, 0) is 25.7 Å². The fraction of sp³-hybridized carbons (Fsp3) is 0.417. The molecule has 0 aliphatic carbocycles. The lowest BCUT2D eigenvalue weighted by molar-refractivity contribution is -0.112. The zero-order chi connectivity index (χ0) is 11.0.